The molecule has 1 heterocycles. The van der Waals surface area contributed by atoms with E-state index in [9.17, 15) is 4.79 Å². The van der Waals surface area contributed by atoms with Crippen LogP contribution in [0.2, 0.25) is 0 Å². The predicted octanol–water partition coefficient (Wildman–Crippen LogP) is 3.87. The number of nitrogens with zero attached hydrogens (tertiary/aromatic N) is 3. The predicted molar refractivity (Wildman–Crippen MR) is 96.8 cm³/mol. The van der Waals surface area contributed by atoms with Crippen molar-refractivity contribution in [2.24, 2.45) is 0 Å². The summed E-state index contributed by atoms with van der Waals surface area (Å²) >= 11 is 0. The lowest BCUT2D eigenvalue weighted by Crippen LogP contribution is -2.32. The number of imidazole rings is 1. The molecule has 0 N–H and O–H groups in total. The van der Waals surface area contributed by atoms with E-state index in [1.165, 1.54) is 16.7 Å². The monoisotopic (exact) mass is 321 g/mol. The maximum absolute atomic E-state index is 12.8. The maximum Gasteiger partial charge on any atom is 0.245 e. The van der Waals surface area contributed by atoms with Gasteiger partial charge in [-0.25, -0.2) is 4.98 Å². The molecular formula is C20H23N3O. The summed E-state index contributed by atoms with van der Waals surface area (Å²) in [7, 11) is 1.86. The van der Waals surface area contributed by atoms with Gasteiger partial charge in [-0.3, -0.25) is 4.79 Å². The van der Waals surface area contributed by atoms with E-state index in [4.69, 9.17) is 0 Å². The zero-order valence-electron chi connectivity index (χ0n) is 14.7. The van der Waals surface area contributed by atoms with Crippen molar-refractivity contribution in [3.05, 3.63) is 65.5 Å². The Morgan fingerprint density at radius 3 is 2.71 bits per heavy atom. The molecule has 0 aliphatic heterocycles. The van der Waals surface area contributed by atoms with Gasteiger partial charge in [0, 0.05) is 13.6 Å². The third-order valence-corrected chi connectivity index (χ3v) is 4.54. The summed E-state index contributed by atoms with van der Waals surface area (Å²) in [6, 6.07) is 13.9. The fraction of sp³-hybridized carbons (Fsp3) is 0.300. The molecule has 2 aromatic carbocycles. The number of benzene rings is 2. The first-order valence-electron chi connectivity index (χ1n) is 8.20. The molecule has 0 bridgehead atoms. The van der Waals surface area contributed by atoms with Crippen LogP contribution in [-0.4, -0.2) is 27.4 Å². The van der Waals surface area contributed by atoms with Crippen molar-refractivity contribution in [1.29, 1.82) is 0 Å². The van der Waals surface area contributed by atoms with E-state index in [0.717, 1.165) is 11.0 Å². The second-order valence-corrected chi connectivity index (χ2v) is 6.44. The van der Waals surface area contributed by atoms with E-state index in [-0.39, 0.29) is 11.9 Å². The lowest BCUT2D eigenvalue weighted by atomic mass is 10.1. The van der Waals surface area contributed by atoms with Gasteiger partial charge in [0.25, 0.3) is 0 Å². The van der Waals surface area contributed by atoms with Crippen LogP contribution in [-0.2, 0) is 11.3 Å². The first-order chi connectivity index (χ1) is 11.5. The summed E-state index contributed by atoms with van der Waals surface area (Å²) in [5.41, 5.74) is 5.53. The highest BCUT2D eigenvalue weighted by Crippen LogP contribution is 2.20. The van der Waals surface area contributed by atoms with E-state index >= 15 is 0 Å². The van der Waals surface area contributed by atoms with Crippen molar-refractivity contribution in [3.63, 3.8) is 0 Å². The summed E-state index contributed by atoms with van der Waals surface area (Å²) in [4.78, 5) is 19.0. The molecule has 0 saturated heterocycles. The zero-order chi connectivity index (χ0) is 17.3. The smallest absolute Gasteiger partial charge is 0.245 e. The Hall–Kier alpha value is -2.62. The Balaban J connectivity index is 1.80. The second kappa shape index (κ2) is 6.48. The Morgan fingerprint density at radius 2 is 1.96 bits per heavy atom. The molecule has 124 valence electrons. The number of carbonyl (C=O) groups excluding carboxylic acids is 1. The van der Waals surface area contributed by atoms with Crippen LogP contribution < -0.4 is 0 Å². The molecule has 24 heavy (non-hydrogen) atoms. The number of rotatable bonds is 4. The number of amides is 1. The number of hydrogen-bond donors (Lipinski definition) is 0. The molecule has 3 aromatic rings. The minimum Gasteiger partial charge on any atom is -0.340 e. The lowest BCUT2D eigenvalue weighted by Gasteiger charge is -2.23. The molecular weight excluding hydrogens is 298 g/mol. The third kappa shape index (κ3) is 3.04. The number of carbonyl (C=O) groups is 1. The average molecular weight is 321 g/mol. The summed E-state index contributed by atoms with van der Waals surface area (Å²) in [6.07, 6.45) is 1.75. The molecule has 3 rings (SSSR count). The largest absolute Gasteiger partial charge is 0.340 e. The van der Waals surface area contributed by atoms with Gasteiger partial charge < -0.3 is 9.47 Å². The van der Waals surface area contributed by atoms with Crippen LogP contribution in [0.15, 0.2) is 48.8 Å². The van der Waals surface area contributed by atoms with Crippen LogP contribution >= 0.6 is 0 Å². The molecule has 4 heteroatoms. The molecule has 0 spiro atoms. The van der Waals surface area contributed by atoms with Crippen molar-refractivity contribution >= 4 is 16.9 Å². The van der Waals surface area contributed by atoms with Gasteiger partial charge in [-0.2, -0.15) is 0 Å². The SMILES string of the molecule is Cc1ccc(CN(C)C(=O)C(C)n2cnc3ccccc32)c(C)c1. The van der Waals surface area contributed by atoms with E-state index < -0.39 is 0 Å². The molecule has 1 amide bonds. The van der Waals surface area contributed by atoms with Gasteiger partial charge in [0.1, 0.15) is 6.04 Å². The maximum atomic E-state index is 12.8. The highest BCUT2D eigenvalue weighted by Gasteiger charge is 2.21. The van der Waals surface area contributed by atoms with Gasteiger partial charge >= 0.3 is 0 Å². The molecule has 1 atom stereocenters. The van der Waals surface area contributed by atoms with Crippen molar-refractivity contribution < 1.29 is 4.79 Å². The van der Waals surface area contributed by atoms with Gasteiger partial charge in [-0.1, -0.05) is 35.9 Å². The van der Waals surface area contributed by atoms with Crippen LogP contribution in [0.3, 0.4) is 0 Å². The molecule has 0 saturated carbocycles. The lowest BCUT2D eigenvalue weighted by molar-refractivity contribution is -0.133. The van der Waals surface area contributed by atoms with Crippen LogP contribution in [0.5, 0.6) is 0 Å². The number of aromatic nitrogens is 2. The van der Waals surface area contributed by atoms with E-state index in [1.54, 1.807) is 11.2 Å². The molecule has 0 fully saturated rings. The van der Waals surface area contributed by atoms with Gasteiger partial charge in [0.2, 0.25) is 5.91 Å². The van der Waals surface area contributed by atoms with Gasteiger partial charge in [-0.15, -0.1) is 0 Å². The van der Waals surface area contributed by atoms with Crippen LogP contribution in [0.4, 0.5) is 0 Å². The highest BCUT2D eigenvalue weighted by molar-refractivity contribution is 5.83. The van der Waals surface area contributed by atoms with Crippen molar-refractivity contribution in [3.8, 4) is 0 Å². The minimum atomic E-state index is -0.284. The molecule has 0 radical (unpaired) electrons. The molecule has 0 aliphatic carbocycles. The Kier molecular flexibility index (Phi) is 4.38. The Labute approximate surface area is 142 Å². The number of aryl methyl sites for hydroxylation is 2. The Morgan fingerprint density at radius 1 is 1.21 bits per heavy atom. The molecule has 0 aliphatic rings. The fourth-order valence-corrected chi connectivity index (χ4v) is 3.08. The van der Waals surface area contributed by atoms with E-state index in [2.05, 4.69) is 37.0 Å². The number of para-hydroxylation sites is 2. The topological polar surface area (TPSA) is 38.1 Å². The molecule has 4 nitrogen and oxygen atoms in total. The first-order valence-corrected chi connectivity index (χ1v) is 8.20. The Bertz CT molecular complexity index is 881. The number of fused-ring (bicyclic) bond motifs is 1. The van der Waals surface area contributed by atoms with Gasteiger partial charge in [0.05, 0.1) is 17.4 Å². The first kappa shape index (κ1) is 16.2. The summed E-state index contributed by atoms with van der Waals surface area (Å²) in [5.74, 6) is 0.0816. The summed E-state index contributed by atoms with van der Waals surface area (Å²) in [5, 5.41) is 0. The minimum absolute atomic E-state index is 0.0816. The number of hydrogen-bond acceptors (Lipinski definition) is 2. The molecule has 1 unspecified atom stereocenters. The summed E-state index contributed by atoms with van der Waals surface area (Å²) in [6.45, 7) is 6.71. The normalized spacial score (nSPS) is 12.3. The summed E-state index contributed by atoms with van der Waals surface area (Å²) < 4.78 is 1.94. The highest BCUT2D eigenvalue weighted by atomic mass is 16.2. The van der Waals surface area contributed by atoms with E-state index in [0.29, 0.717) is 6.54 Å². The van der Waals surface area contributed by atoms with Gasteiger partial charge in [-0.05, 0) is 44.0 Å². The average Bonchev–Trinajstić information content (AvgIpc) is 3.00. The zero-order valence-corrected chi connectivity index (χ0v) is 14.7. The van der Waals surface area contributed by atoms with Gasteiger partial charge in [0.15, 0.2) is 0 Å². The molecule has 1 aromatic heterocycles. The van der Waals surface area contributed by atoms with Crippen LogP contribution in [0, 0.1) is 13.8 Å². The van der Waals surface area contributed by atoms with Crippen molar-refractivity contribution in [1.82, 2.24) is 14.5 Å². The van der Waals surface area contributed by atoms with E-state index in [1.807, 2.05) is 42.8 Å². The van der Waals surface area contributed by atoms with Crippen molar-refractivity contribution in [2.75, 3.05) is 7.05 Å². The van der Waals surface area contributed by atoms with Crippen LogP contribution in [0.25, 0.3) is 11.0 Å². The standard InChI is InChI=1S/C20H23N3O/c1-14-9-10-17(15(2)11-14)12-22(4)20(24)16(3)23-13-21-18-7-5-6-8-19(18)23/h5-11,13,16H,12H2,1-4H3. The van der Waals surface area contributed by atoms with Crippen molar-refractivity contribution in [2.45, 2.75) is 33.4 Å². The fourth-order valence-electron chi connectivity index (χ4n) is 3.08. The number of likely N-dealkylation sites (N-methyl/N-ethyl adjacent to an activating group) is 1. The third-order valence-electron chi connectivity index (χ3n) is 4.54. The quantitative estimate of drug-likeness (QED) is 0.731. The van der Waals surface area contributed by atoms with Crippen LogP contribution in [0.1, 0.15) is 29.7 Å². The second-order valence-electron chi connectivity index (χ2n) is 6.44.